The van der Waals surface area contributed by atoms with E-state index in [4.69, 9.17) is 5.41 Å². The Morgan fingerprint density at radius 1 is 1.14 bits per heavy atom. The van der Waals surface area contributed by atoms with E-state index < -0.39 is 34.3 Å². The van der Waals surface area contributed by atoms with Gasteiger partial charge in [-0.15, -0.1) is 0 Å². The number of nitrogens with one attached hydrogen (secondary N) is 1. The first-order valence-electron chi connectivity index (χ1n) is 6.21. The average Bonchev–Trinajstić information content (AvgIpc) is 2.36. The van der Waals surface area contributed by atoms with Gasteiger partial charge < -0.3 is 5.41 Å². The number of benzene rings is 1. The van der Waals surface area contributed by atoms with Gasteiger partial charge in [0.25, 0.3) is 5.92 Å². The maximum Gasteiger partial charge on any atom is 0.416 e. The fraction of sp³-hybridized carbons (Fsp3) is 0.429. The summed E-state index contributed by atoms with van der Waals surface area (Å²) < 4.78 is 65.8. The molecule has 0 unspecified atom stereocenters. The highest BCUT2D eigenvalue weighted by Gasteiger charge is 2.90. The number of carbonyl (C=O) groups is 1. The standard InChI is InChI=1S/C14H10F5NO/c15-13(16,17)9-3-1-8(2-4-9)11-6-12(7-11,10(21)5-20)14(11,18)19/h1-5,20H,6-7H2. The summed E-state index contributed by atoms with van der Waals surface area (Å²) in [7, 11) is 0. The Bertz CT molecular complexity index is 626. The molecule has 7 heteroatoms. The first-order chi connectivity index (χ1) is 9.61. The maximum atomic E-state index is 14.2. The van der Waals surface area contributed by atoms with Crippen molar-refractivity contribution in [3.05, 3.63) is 35.4 Å². The fourth-order valence-corrected chi connectivity index (χ4v) is 3.50. The van der Waals surface area contributed by atoms with Gasteiger partial charge in [0.1, 0.15) is 5.41 Å². The van der Waals surface area contributed by atoms with Gasteiger partial charge in [0, 0.05) is 0 Å². The van der Waals surface area contributed by atoms with Gasteiger partial charge in [0.15, 0.2) is 5.78 Å². The number of Topliss-reactive ketones (excluding diaryl/α,β-unsaturated/α-hetero) is 1. The van der Waals surface area contributed by atoms with Crippen molar-refractivity contribution in [1.29, 1.82) is 5.41 Å². The molecule has 0 atom stereocenters. The number of ketones is 1. The predicted molar refractivity (Wildman–Crippen MR) is 63.5 cm³/mol. The lowest BCUT2D eigenvalue weighted by atomic mass is 9.29. The monoisotopic (exact) mass is 303 g/mol. The molecule has 0 amide bonds. The van der Waals surface area contributed by atoms with Crippen molar-refractivity contribution >= 4 is 12.0 Å². The van der Waals surface area contributed by atoms with Gasteiger partial charge in [0.05, 0.1) is 17.2 Å². The predicted octanol–water partition coefficient (Wildman–Crippen LogP) is 3.59. The Morgan fingerprint density at radius 2 is 1.67 bits per heavy atom. The van der Waals surface area contributed by atoms with Crippen molar-refractivity contribution in [2.75, 3.05) is 0 Å². The van der Waals surface area contributed by atoms with Crippen LogP contribution in [0.2, 0.25) is 0 Å². The van der Waals surface area contributed by atoms with E-state index in [1.165, 1.54) is 0 Å². The van der Waals surface area contributed by atoms with E-state index in [-0.39, 0.29) is 18.4 Å². The minimum Gasteiger partial charge on any atom is -0.305 e. The van der Waals surface area contributed by atoms with E-state index >= 15 is 0 Å². The summed E-state index contributed by atoms with van der Waals surface area (Å²) in [5.74, 6) is -4.23. The molecule has 3 fully saturated rings. The molecule has 1 N–H and O–H groups in total. The molecular formula is C14H10F5NO. The van der Waals surface area contributed by atoms with Crippen LogP contribution in [0.25, 0.3) is 0 Å². The minimum atomic E-state index is -4.52. The molecule has 0 aliphatic heterocycles. The molecule has 3 aliphatic rings. The van der Waals surface area contributed by atoms with E-state index in [2.05, 4.69) is 0 Å². The molecule has 0 heterocycles. The third kappa shape index (κ3) is 1.41. The first kappa shape index (κ1) is 14.2. The average molecular weight is 303 g/mol. The molecule has 2 bridgehead atoms. The van der Waals surface area contributed by atoms with Crippen LogP contribution in [-0.4, -0.2) is 17.9 Å². The lowest BCUT2D eigenvalue weighted by Gasteiger charge is -2.74. The minimum absolute atomic E-state index is 0.111. The molecule has 0 spiro atoms. The molecule has 1 aromatic rings. The summed E-state index contributed by atoms with van der Waals surface area (Å²) in [6.45, 7) is 0. The van der Waals surface area contributed by atoms with Gasteiger partial charge in [-0.25, -0.2) is 8.78 Å². The van der Waals surface area contributed by atoms with E-state index in [9.17, 15) is 26.7 Å². The smallest absolute Gasteiger partial charge is 0.305 e. The zero-order chi connectivity index (χ0) is 15.7. The van der Waals surface area contributed by atoms with Gasteiger partial charge in [-0.1, -0.05) is 12.1 Å². The molecule has 0 saturated heterocycles. The summed E-state index contributed by atoms with van der Waals surface area (Å²) in [5, 5.41) is 6.83. The van der Waals surface area contributed by atoms with Crippen molar-refractivity contribution in [3.63, 3.8) is 0 Å². The van der Waals surface area contributed by atoms with E-state index in [0.29, 0.717) is 6.21 Å². The van der Waals surface area contributed by atoms with Crippen LogP contribution in [0.5, 0.6) is 0 Å². The third-order valence-electron chi connectivity index (χ3n) is 4.78. The van der Waals surface area contributed by atoms with Crippen LogP contribution in [0.4, 0.5) is 22.0 Å². The Balaban J connectivity index is 1.91. The number of rotatable bonds is 3. The number of halogens is 5. The highest BCUT2D eigenvalue weighted by molar-refractivity contribution is 6.30. The van der Waals surface area contributed by atoms with Crippen LogP contribution in [0.1, 0.15) is 24.0 Å². The van der Waals surface area contributed by atoms with Crippen molar-refractivity contribution in [3.8, 4) is 0 Å². The van der Waals surface area contributed by atoms with E-state index in [1.807, 2.05) is 0 Å². The van der Waals surface area contributed by atoms with E-state index in [1.54, 1.807) is 0 Å². The molecule has 21 heavy (non-hydrogen) atoms. The van der Waals surface area contributed by atoms with Crippen molar-refractivity contribution in [1.82, 2.24) is 0 Å². The maximum absolute atomic E-state index is 14.2. The molecular weight excluding hydrogens is 293 g/mol. The number of alkyl halides is 5. The first-order valence-corrected chi connectivity index (χ1v) is 6.21. The fourth-order valence-electron chi connectivity index (χ4n) is 3.50. The second-order valence-electron chi connectivity index (χ2n) is 5.68. The molecule has 0 radical (unpaired) electrons. The SMILES string of the molecule is N=CC(=O)C12CC(c3ccc(C(F)(F)F)cc3)(C1)C2(F)F. The lowest BCUT2D eigenvalue weighted by Crippen LogP contribution is -2.84. The summed E-state index contributed by atoms with van der Waals surface area (Å²) >= 11 is 0. The molecule has 2 nitrogen and oxygen atoms in total. The van der Waals surface area contributed by atoms with Crippen molar-refractivity contribution < 1.29 is 26.7 Å². The topological polar surface area (TPSA) is 40.9 Å². The Kier molecular flexibility index (Phi) is 2.49. The molecule has 4 rings (SSSR count). The summed E-state index contributed by atoms with van der Waals surface area (Å²) in [4.78, 5) is 11.5. The second-order valence-corrected chi connectivity index (χ2v) is 5.68. The third-order valence-corrected chi connectivity index (χ3v) is 4.78. The normalized spacial score (nSPS) is 32.8. The largest absolute Gasteiger partial charge is 0.416 e. The van der Waals surface area contributed by atoms with Crippen molar-refractivity contribution in [2.45, 2.75) is 30.4 Å². The summed E-state index contributed by atoms with van der Waals surface area (Å²) in [6, 6.07) is 3.65. The molecule has 3 saturated carbocycles. The Hall–Kier alpha value is -1.79. The highest BCUT2D eigenvalue weighted by Crippen LogP contribution is 2.81. The van der Waals surface area contributed by atoms with Crippen LogP contribution >= 0.6 is 0 Å². The quantitative estimate of drug-likeness (QED) is 0.673. The van der Waals surface area contributed by atoms with Crippen molar-refractivity contribution in [2.24, 2.45) is 5.41 Å². The van der Waals surface area contributed by atoms with Crippen LogP contribution in [0, 0.1) is 10.8 Å². The number of hydrogen-bond acceptors (Lipinski definition) is 2. The number of hydrogen-bond donors (Lipinski definition) is 1. The van der Waals surface area contributed by atoms with Crippen LogP contribution in [0.3, 0.4) is 0 Å². The van der Waals surface area contributed by atoms with Gasteiger partial charge >= 0.3 is 6.18 Å². The molecule has 3 aliphatic carbocycles. The van der Waals surface area contributed by atoms with Gasteiger partial charge in [-0.3, -0.25) is 4.79 Å². The van der Waals surface area contributed by atoms with E-state index in [0.717, 1.165) is 24.3 Å². The summed E-state index contributed by atoms with van der Waals surface area (Å²) in [6.07, 6.45) is -4.36. The van der Waals surface area contributed by atoms with Gasteiger partial charge in [0.2, 0.25) is 0 Å². The Morgan fingerprint density at radius 3 is 2.05 bits per heavy atom. The Labute approximate surface area is 116 Å². The number of carbonyl (C=O) groups excluding carboxylic acids is 1. The van der Waals surface area contributed by atoms with Crippen LogP contribution < -0.4 is 0 Å². The molecule has 1 aromatic carbocycles. The van der Waals surface area contributed by atoms with Gasteiger partial charge in [-0.05, 0) is 30.5 Å². The second kappa shape index (κ2) is 3.69. The van der Waals surface area contributed by atoms with Gasteiger partial charge in [-0.2, -0.15) is 13.2 Å². The highest BCUT2D eigenvalue weighted by atomic mass is 19.4. The van der Waals surface area contributed by atoms with Crippen LogP contribution in [-0.2, 0) is 16.4 Å². The lowest BCUT2D eigenvalue weighted by molar-refractivity contribution is -0.347. The molecule has 112 valence electrons. The zero-order valence-corrected chi connectivity index (χ0v) is 10.6. The zero-order valence-electron chi connectivity index (χ0n) is 10.6. The van der Waals surface area contributed by atoms with Crippen LogP contribution in [0.15, 0.2) is 24.3 Å². The summed E-state index contributed by atoms with van der Waals surface area (Å²) in [5.41, 5.74) is -4.17. The molecule has 0 aromatic heterocycles.